The highest BCUT2D eigenvalue weighted by Crippen LogP contribution is 2.25. The van der Waals surface area contributed by atoms with E-state index in [9.17, 15) is 8.78 Å². The molecule has 1 saturated heterocycles. The van der Waals surface area contributed by atoms with Gasteiger partial charge in [-0.1, -0.05) is 30.9 Å². The van der Waals surface area contributed by atoms with Crippen LogP contribution in [-0.2, 0) is 0 Å². The molecule has 0 amide bonds. The minimum atomic E-state index is -0.550. The van der Waals surface area contributed by atoms with Crippen LogP contribution in [0.2, 0.25) is 0 Å². The first-order valence-corrected chi connectivity index (χ1v) is 10.1. The fraction of sp³-hybridized carbons (Fsp3) is 0.636. The van der Waals surface area contributed by atoms with E-state index >= 15 is 0 Å². The molecule has 1 aliphatic heterocycles. The van der Waals surface area contributed by atoms with Crippen LogP contribution in [0.1, 0.15) is 57.4 Å². The van der Waals surface area contributed by atoms with Crippen molar-refractivity contribution >= 4 is 6.08 Å². The lowest BCUT2D eigenvalue weighted by Crippen LogP contribution is -2.27. The molecule has 0 aromatic heterocycles. The molecule has 0 unspecified atom stereocenters. The Hall–Kier alpha value is -1.26. The first-order valence-electron chi connectivity index (χ1n) is 10.1. The third-order valence-corrected chi connectivity index (χ3v) is 5.26. The van der Waals surface area contributed by atoms with E-state index in [1.165, 1.54) is 76.7 Å². The van der Waals surface area contributed by atoms with E-state index in [-0.39, 0.29) is 0 Å². The van der Waals surface area contributed by atoms with Crippen LogP contribution in [0.25, 0.3) is 6.08 Å². The molecule has 2 aliphatic rings. The monoisotopic (exact) mass is 364 g/mol. The SMILES string of the molecule is C1CCC(CN2CCCC2)CC1.CNC/C(C)=C/c1ccc(F)cc1F. The Labute approximate surface area is 157 Å². The predicted octanol–water partition coefficient (Wildman–Crippen LogP) is 5.25. The molecule has 0 bridgehead atoms. The highest BCUT2D eigenvalue weighted by atomic mass is 19.1. The van der Waals surface area contributed by atoms with Crippen molar-refractivity contribution in [3.8, 4) is 0 Å². The number of nitrogens with zero attached hydrogens (tertiary/aromatic N) is 1. The van der Waals surface area contributed by atoms with Crippen molar-refractivity contribution in [2.75, 3.05) is 33.2 Å². The van der Waals surface area contributed by atoms with Gasteiger partial charge in [-0.05, 0) is 70.8 Å². The van der Waals surface area contributed by atoms with Crippen LogP contribution in [0.5, 0.6) is 0 Å². The number of likely N-dealkylation sites (N-methyl/N-ethyl adjacent to an activating group) is 1. The Morgan fingerprint density at radius 1 is 1.12 bits per heavy atom. The summed E-state index contributed by atoms with van der Waals surface area (Å²) in [4.78, 5) is 2.68. The van der Waals surface area contributed by atoms with Crippen LogP contribution in [0.4, 0.5) is 8.78 Å². The highest BCUT2D eigenvalue weighted by Gasteiger charge is 2.18. The largest absolute Gasteiger partial charge is 0.316 e. The Balaban J connectivity index is 0.000000189. The van der Waals surface area contributed by atoms with E-state index in [4.69, 9.17) is 0 Å². The third-order valence-electron chi connectivity index (χ3n) is 5.26. The molecule has 1 N–H and O–H groups in total. The maximum absolute atomic E-state index is 13.1. The van der Waals surface area contributed by atoms with Crippen LogP contribution < -0.4 is 5.32 Å². The second kappa shape index (κ2) is 11.5. The average molecular weight is 365 g/mol. The molecule has 26 heavy (non-hydrogen) atoms. The van der Waals surface area contributed by atoms with Gasteiger partial charge >= 0.3 is 0 Å². The van der Waals surface area contributed by atoms with Gasteiger partial charge in [0.25, 0.3) is 0 Å². The van der Waals surface area contributed by atoms with Gasteiger partial charge in [-0.25, -0.2) is 8.78 Å². The number of nitrogens with one attached hydrogen (secondary N) is 1. The van der Waals surface area contributed by atoms with Crippen LogP contribution in [0.15, 0.2) is 23.8 Å². The minimum Gasteiger partial charge on any atom is -0.316 e. The van der Waals surface area contributed by atoms with Gasteiger partial charge in [-0.3, -0.25) is 0 Å². The lowest BCUT2D eigenvalue weighted by Gasteiger charge is -2.26. The van der Waals surface area contributed by atoms with Crippen molar-refractivity contribution in [2.24, 2.45) is 5.92 Å². The number of rotatable bonds is 5. The van der Waals surface area contributed by atoms with E-state index in [1.807, 2.05) is 14.0 Å². The summed E-state index contributed by atoms with van der Waals surface area (Å²) in [7, 11) is 1.82. The van der Waals surface area contributed by atoms with Gasteiger partial charge in [-0.15, -0.1) is 0 Å². The standard InChI is InChI=1S/C11H13F2N.C11H21N/c1-8(7-14-2)5-9-3-4-10(12)6-11(9)13;1-2-6-11(7-3-1)10-12-8-4-5-9-12/h3-6,14H,7H2,1-2H3;11H,1-10H2/b8-5+;. The van der Waals surface area contributed by atoms with Crippen LogP contribution in [0, 0.1) is 17.6 Å². The minimum absolute atomic E-state index is 0.416. The van der Waals surface area contributed by atoms with Gasteiger partial charge in [0, 0.05) is 24.7 Å². The number of halogens is 2. The summed E-state index contributed by atoms with van der Waals surface area (Å²) in [6.07, 6.45) is 12.1. The molecule has 2 nitrogen and oxygen atoms in total. The topological polar surface area (TPSA) is 15.3 Å². The van der Waals surface area contributed by atoms with Crippen molar-refractivity contribution in [2.45, 2.75) is 51.9 Å². The summed E-state index contributed by atoms with van der Waals surface area (Å²) < 4.78 is 25.7. The van der Waals surface area contributed by atoms with Gasteiger partial charge in [-0.2, -0.15) is 0 Å². The van der Waals surface area contributed by atoms with Gasteiger partial charge in [0.05, 0.1) is 0 Å². The molecule has 0 atom stereocenters. The lowest BCUT2D eigenvalue weighted by atomic mass is 9.89. The molecule has 1 aliphatic carbocycles. The Bertz CT molecular complexity index is 559. The summed E-state index contributed by atoms with van der Waals surface area (Å²) in [6.45, 7) is 6.77. The number of hydrogen-bond acceptors (Lipinski definition) is 2. The molecule has 0 radical (unpaired) electrons. The van der Waals surface area contributed by atoms with Crippen LogP contribution in [-0.4, -0.2) is 38.1 Å². The van der Waals surface area contributed by atoms with E-state index in [0.29, 0.717) is 12.1 Å². The van der Waals surface area contributed by atoms with E-state index in [1.54, 1.807) is 6.08 Å². The van der Waals surface area contributed by atoms with Gasteiger partial charge in [0.2, 0.25) is 0 Å². The zero-order valence-electron chi connectivity index (χ0n) is 16.4. The van der Waals surface area contributed by atoms with E-state index in [2.05, 4.69) is 10.2 Å². The molecule has 3 rings (SSSR count). The zero-order valence-corrected chi connectivity index (χ0v) is 16.4. The number of benzene rings is 1. The summed E-state index contributed by atoms with van der Waals surface area (Å²) in [5, 5.41) is 2.95. The lowest BCUT2D eigenvalue weighted by molar-refractivity contribution is 0.234. The number of hydrogen-bond donors (Lipinski definition) is 1. The van der Waals surface area contributed by atoms with E-state index in [0.717, 1.165) is 17.6 Å². The zero-order chi connectivity index (χ0) is 18.8. The van der Waals surface area contributed by atoms with Crippen LogP contribution >= 0.6 is 0 Å². The number of likely N-dealkylation sites (tertiary alicyclic amines) is 1. The van der Waals surface area contributed by atoms with Crippen molar-refractivity contribution < 1.29 is 8.78 Å². The predicted molar refractivity (Wildman–Crippen MR) is 106 cm³/mol. The first-order chi connectivity index (χ1) is 12.6. The quantitative estimate of drug-likeness (QED) is 0.768. The van der Waals surface area contributed by atoms with E-state index < -0.39 is 11.6 Å². The van der Waals surface area contributed by atoms with Crippen molar-refractivity contribution in [3.63, 3.8) is 0 Å². The van der Waals surface area contributed by atoms with Gasteiger partial charge < -0.3 is 10.2 Å². The summed E-state index contributed by atoms with van der Waals surface area (Å²) in [5.74, 6) is -0.0248. The molecule has 4 heteroatoms. The normalized spacial score (nSPS) is 19.3. The fourth-order valence-electron chi connectivity index (χ4n) is 3.91. The molecule has 1 saturated carbocycles. The van der Waals surface area contributed by atoms with Crippen molar-refractivity contribution in [1.82, 2.24) is 10.2 Å². The summed E-state index contributed by atoms with van der Waals surface area (Å²) >= 11 is 0. The molecule has 1 heterocycles. The second-order valence-corrected chi connectivity index (χ2v) is 7.70. The third kappa shape index (κ3) is 7.55. The van der Waals surface area contributed by atoms with Gasteiger partial charge in [0.1, 0.15) is 11.6 Å². The second-order valence-electron chi connectivity index (χ2n) is 7.70. The molecule has 2 fully saturated rings. The Kier molecular flexibility index (Phi) is 9.27. The fourth-order valence-corrected chi connectivity index (χ4v) is 3.91. The van der Waals surface area contributed by atoms with Crippen LogP contribution in [0.3, 0.4) is 0 Å². The summed E-state index contributed by atoms with van der Waals surface area (Å²) in [6, 6.07) is 3.57. The molecule has 0 spiro atoms. The Morgan fingerprint density at radius 3 is 2.42 bits per heavy atom. The van der Waals surface area contributed by atoms with Gasteiger partial charge in [0.15, 0.2) is 0 Å². The highest BCUT2D eigenvalue weighted by molar-refractivity contribution is 5.53. The molecule has 1 aromatic carbocycles. The molecular weight excluding hydrogens is 330 g/mol. The maximum atomic E-state index is 13.1. The molecule has 1 aromatic rings. The average Bonchev–Trinajstić information content (AvgIpc) is 3.12. The molecule has 146 valence electrons. The summed E-state index contributed by atoms with van der Waals surface area (Å²) in [5.41, 5.74) is 1.41. The molecular formula is C22H34F2N2. The van der Waals surface area contributed by atoms with Crippen molar-refractivity contribution in [3.05, 3.63) is 41.0 Å². The first kappa shape index (κ1) is 21.0. The van der Waals surface area contributed by atoms with Crippen molar-refractivity contribution in [1.29, 1.82) is 0 Å². The smallest absolute Gasteiger partial charge is 0.133 e. The Morgan fingerprint density at radius 2 is 1.81 bits per heavy atom. The maximum Gasteiger partial charge on any atom is 0.133 e.